The molecule has 1 aromatic carbocycles. The minimum atomic E-state index is 0.144. The van der Waals surface area contributed by atoms with E-state index in [1.165, 1.54) is 36.6 Å². The summed E-state index contributed by atoms with van der Waals surface area (Å²) in [5.74, 6) is 2.76. The highest BCUT2D eigenvalue weighted by Crippen LogP contribution is 2.42. The molecule has 1 amide bonds. The third-order valence-electron chi connectivity index (χ3n) is 7.96. The number of aromatic nitrogens is 1. The molecule has 164 valence electrons. The Balaban J connectivity index is 1.42. The number of aromatic amines is 1. The first-order valence-electron chi connectivity index (χ1n) is 12.0. The number of hydrogen-bond donors (Lipinski definition) is 1. The Morgan fingerprint density at radius 3 is 2.84 bits per heavy atom. The number of H-pyrrole nitrogens is 1. The molecule has 2 fully saturated rings. The van der Waals surface area contributed by atoms with E-state index in [4.69, 9.17) is 4.42 Å². The van der Waals surface area contributed by atoms with E-state index in [0.29, 0.717) is 30.3 Å². The lowest BCUT2D eigenvalue weighted by atomic mass is 9.70. The molecule has 2 aromatic heterocycles. The maximum absolute atomic E-state index is 13.6. The summed E-state index contributed by atoms with van der Waals surface area (Å²) in [6.45, 7) is 6.83. The Hall–Kier alpha value is -2.49. The number of amides is 1. The van der Waals surface area contributed by atoms with Crippen LogP contribution in [-0.4, -0.2) is 27.9 Å². The Kier molecular flexibility index (Phi) is 5.41. The van der Waals surface area contributed by atoms with Gasteiger partial charge in [0.25, 0.3) is 0 Å². The second-order valence-corrected chi connectivity index (χ2v) is 9.92. The molecule has 2 aliphatic rings. The number of carbonyl (C=O) groups is 1. The zero-order valence-electron chi connectivity index (χ0n) is 18.9. The summed E-state index contributed by atoms with van der Waals surface area (Å²) in [5, 5.41) is 1.17. The Morgan fingerprint density at radius 1 is 1.16 bits per heavy atom. The van der Waals surface area contributed by atoms with Gasteiger partial charge in [-0.2, -0.15) is 0 Å². The van der Waals surface area contributed by atoms with E-state index in [1.807, 2.05) is 12.1 Å². The molecule has 0 bridgehead atoms. The molecule has 5 unspecified atom stereocenters. The smallest absolute Gasteiger partial charge is 0.223 e. The minimum Gasteiger partial charge on any atom is -0.464 e. The van der Waals surface area contributed by atoms with Crippen LogP contribution in [0, 0.1) is 11.8 Å². The van der Waals surface area contributed by atoms with Crippen molar-refractivity contribution in [3.05, 3.63) is 48.4 Å². The van der Waals surface area contributed by atoms with E-state index >= 15 is 0 Å². The molecule has 3 heterocycles. The first-order valence-corrected chi connectivity index (χ1v) is 12.0. The number of hydrogen-bond acceptors (Lipinski definition) is 2. The van der Waals surface area contributed by atoms with Crippen LogP contribution in [0.5, 0.6) is 0 Å². The van der Waals surface area contributed by atoms with Gasteiger partial charge in [0.1, 0.15) is 5.76 Å². The number of benzene rings is 1. The third-order valence-corrected chi connectivity index (χ3v) is 7.96. The van der Waals surface area contributed by atoms with Gasteiger partial charge in [-0.25, -0.2) is 0 Å². The second kappa shape index (κ2) is 8.22. The molecule has 1 aliphatic carbocycles. The van der Waals surface area contributed by atoms with Crippen molar-refractivity contribution in [2.45, 2.75) is 77.3 Å². The van der Waals surface area contributed by atoms with Crippen LogP contribution in [0.1, 0.15) is 70.8 Å². The molecule has 1 N–H and O–H groups in total. The van der Waals surface area contributed by atoms with E-state index < -0.39 is 0 Å². The standard InChI is InChI=1S/C27H34N2O2/c1-17-7-4-10-24-20(17)13-12-19(3)29(24)26(30)15-18(2)22-16-28-23-9-5-8-21(27(22)23)25-11-6-14-31-25/h5-6,8-9,11,14,16-20,24,28H,4,7,10,12-13,15H2,1-3H3. The number of fused-ring (bicyclic) bond motifs is 2. The minimum absolute atomic E-state index is 0.144. The molecule has 5 rings (SSSR count). The first kappa shape index (κ1) is 20.4. The van der Waals surface area contributed by atoms with Gasteiger partial charge >= 0.3 is 0 Å². The normalized spacial score (nSPS) is 27.3. The van der Waals surface area contributed by atoms with Crippen LogP contribution in [0.3, 0.4) is 0 Å². The number of nitrogens with zero attached hydrogens (tertiary/aromatic N) is 1. The molecule has 1 saturated heterocycles. The van der Waals surface area contributed by atoms with Crippen LogP contribution in [-0.2, 0) is 4.79 Å². The van der Waals surface area contributed by atoms with E-state index in [9.17, 15) is 4.79 Å². The van der Waals surface area contributed by atoms with E-state index in [-0.39, 0.29) is 5.92 Å². The van der Waals surface area contributed by atoms with Gasteiger partial charge in [-0.3, -0.25) is 4.79 Å². The lowest BCUT2D eigenvalue weighted by Gasteiger charge is -2.50. The lowest BCUT2D eigenvalue weighted by Crippen LogP contribution is -2.55. The fourth-order valence-electron chi connectivity index (χ4n) is 6.32. The predicted octanol–water partition coefficient (Wildman–Crippen LogP) is 6.74. The Labute approximate surface area is 185 Å². The van der Waals surface area contributed by atoms with Crippen molar-refractivity contribution in [2.24, 2.45) is 11.8 Å². The zero-order valence-corrected chi connectivity index (χ0v) is 18.9. The van der Waals surface area contributed by atoms with Crippen molar-refractivity contribution in [2.75, 3.05) is 0 Å². The maximum Gasteiger partial charge on any atom is 0.223 e. The van der Waals surface area contributed by atoms with Crippen LogP contribution in [0.4, 0.5) is 0 Å². The summed E-state index contributed by atoms with van der Waals surface area (Å²) in [6, 6.07) is 11.0. The Bertz CT molecular complexity index is 1050. The molecule has 4 heteroatoms. The number of likely N-dealkylation sites (tertiary alicyclic amines) is 1. The second-order valence-electron chi connectivity index (χ2n) is 9.92. The van der Waals surface area contributed by atoms with Crippen molar-refractivity contribution in [3.63, 3.8) is 0 Å². The summed E-state index contributed by atoms with van der Waals surface area (Å²) in [4.78, 5) is 19.3. The number of carbonyl (C=O) groups excluding carboxylic acids is 1. The van der Waals surface area contributed by atoms with Crippen molar-refractivity contribution < 1.29 is 9.21 Å². The Morgan fingerprint density at radius 2 is 2.03 bits per heavy atom. The van der Waals surface area contributed by atoms with Crippen molar-refractivity contribution >= 4 is 16.8 Å². The van der Waals surface area contributed by atoms with Gasteiger partial charge < -0.3 is 14.3 Å². The SMILES string of the molecule is CC(CC(=O)N1C(C)CCC2C(C)CCCC21)c1c[nH]c2cccc(-c3ccco3)c12. The highest BCUT2D eigenvalue weighted by Gasteiger charge is 2.42. The summed E-state index contributed by atoms with van der Waals surface area (Å²) in [6.07, 6.45) is 10.5. The average molecular weight is 419 g/mol. The molecule has 0 spiro atoms. The van der Waals surface area contributed by atoms with Crippen LogP contribution in [0.2, 0.25) is 0 Å². The van der Waals surface area contributed by atoms with Crippen molar-refractivity contribution in [1.82, 2.24) is 9.88 Å². The van der Waals surface area contributed by atoms with Gasteiger partial charge in [0.2, 0.25) is 5.91 Å². The van der Waals surface area contributed by atoms with Crippen LogP contribution < -0.4 is 0 Å². The summed E-state index contributed by atoms with van der Waals surface area (Å²) < 4.78 is 5.70. The number of furan rings is 1. The molecule has 4 nitrogen and oxygen atoms in total. The number of nitrogens with one attached hydrogen (secondary N) is 1. The van der Waals surface area contributed by atoms with Gasteiger partial charge in [-0.1, -0.05) is 38.8 Å². The monoisotopic (exact) mass is 418 g/mol. The lowest BCUT2D eigenvalue weighted by molar-refractivity contribution is -0.142. The third kappa shape index (κ3) is 3.60. The van der Waals surface area contributed by atoms with Crippen molar-refractivity contribution in [1.29, 1.82) is 0 Å². The fraction of sp³-hybridized carbons (Fsp3) is 0.519. The van der Waals surface area contributed by atoms with E-state index in [1.54, 1.807) is 6.26 Å². The van der Waals surface area contributed by atoms with Gasteiger partial charge in [-0.05, 0) is 67.7 Å². The highest BCUT2D eigenvalue weighted by molar-refractivity contribution is 5.97. The zero-order chi connectivity index (χ0) is 21.5. The molecule has 1 aliphatic heterocycles. The molecule has 3 aromatic rings. The quantitative estimate of drug-likeness (QED) is 0.510. The van der Waals surface area contributed by atoms with Gasteiger partial charge in [0.05, 0.1) is 6.26 Å². The summed E-state index contributed by atoms with van der Waals surface area (Å²) in [5.41, 5.74) is 3.38. The van der Waals surface area contributed by atoms with Gasteiger partial charge in [0.15, 0.2) is 0 Å². The van der Waals surface area contributed by atoms with Gasteiger partial charge in [0, 0.05) is 41.2 Å². The topological polar surface area (TPSA) is 49.2 Å². The summed E-state index contributed by atoms with van der Waals surface area (Å²) in [7, 11) is 0. The van der Waals surface area contributed by atoms with Gasteiger partial charge in [-0.15, -0.1) is 0 Å². The van der Waals surface area contributed by atoms with Crippen molar-refractivity contribution in [3.8, 4) is 11.3 Å². The molecular weight excluding hydrogens is 384 g/mol. The fourth-order valence-corrected chi connectivity index (χ4v) is 6.32. The average Bonchev–Trinajstić information content (AvgIpc) is 3.43. The van der Waals surface area contributed by atoms with Crippen LogP contribution >= 0.6 is 0 Å². The molecule has 1 saturated carbocycles. The van der Waals surface area contributed by atoms with Crippen LogP contribution in [0.15, 0.2) is 47.2 Å². The van der Waals surface area contributed by atoms with Crippen LogP contribution in [0.25, 0.3) is 22.2 Å². The molecular formula is C27H34N2O2. The predicted molar refractivity (Wildman–Crippen MR) is 125 cm³/mol. The summed E-state index contributed by atoms with van der Waals surface area (Å²) >= 11 is 0. The molecule has 0 radical (unpaired) electrons. The maximum atomic E-state index is 13.6. The molecule has 5 atom stereocenters. The first-order chi connectivity index (χ1) is 15.0. The largest absolute Gasteiger partial charge is 0.464 e. The number of rotatable bonds is 4. The molecule has 31 heavy (non-hydrogen) atoms. The van der Waals surface area contributed by atoms with E-state index in [0.717, 1.165) is 29.2 Å². The highest BCUT2D eigenvalue weighted by atomic mass is 16.3. The number of piperidine rings is 1. The van der Waals surface area contributed by atoms with E-state index in [2.05, 4.69) is 55.1 Å².